The molecular weight excluding hydrogens is 394 g/mol. The van der Waals surface area contributed by atoms with E-state index >= 15 is 0 Å². The molecule has 0 radical (unpaired) electrons. The summed E-state index contributed by atoms with van der Waals surface area (Å²) in [5, 5.41) is 0. The normalized spacial score (nSPS) is 16.1. The Labute approximate surface area is 190 Å². The average Bonchev–Trinajstić information content (AvgIpc) is 3.17. The minimum Gasteiger partial charge on any atom is -0.340 e. The van der Waals surface area contributed by atoms with Gasteiger partial charge in [0, 0.05) is 44.5 Å². The summed E-state index contributed by atoms with van der Waals surface area (Å²) in [7, 11) is 0. The number of rotatable bonds is 7. The van der Waals surface area contributed by atoms with Gasteiger partial charge in [-0.05, 0) is 59.3 Å². The number of carbonyl (C=O) groups is 1. The Hall–Kier alpha value is -2.98. The van der Waals surface area contributed by atoms with Crippen molar-refractivity contribution in [2.45, 2.75) is 31.6 Å². The van der Waals surface area contributed by atoms with Crippen LogP contribution in [-0.2, 0) is 11.2 Å². The fourth-order valence-electron chi connectivity index (χ4n) is 5.26. The molecule has 164 valence electrons. The molecule has 0 saturated carbocycles. The van der Waals surface area contributed by atoms with E-state index in [1.807, 2.05) is 17.0 Å². The zero-order valence-corrected chi connectivity index (χ0v) is 18.6. The van der Waals surface area contributed by atoms with Crippen molar-refractivity contribution in [3.8, 4) is 11.1 Å². The molecule has 4 nitrogen and oxygen atoms in total. The standard InChI is InChI=1S/C28H31N3O/c32-28(21-22-12-14-29-15-13-22)31-19-17-30(18-20-31)16-6-5-11-27-25-9-3-1-7-23(25)24-8-2-4-10-26(24)27/h1-4,7-10,12-15,27H,5-6,11,16-21H2. The van der Waals surface area contributed by atoms with Gasteiger partial charge in [-0.1, -0.05) is 55.0 Å². The zero-order valence-electron chi connectivity index (χ0n) is 18.6. The number of piperazine rings is 1. The Morgan fingerprint density at radius 2 is 1.44 bits per heavy atom. The van der Waals surface area contributed by atoms with E-state index in [1.165, 1.54) is 41.5 Å². The van der Waals surface area contributed by atoms with Gasteiger partial charge < -0.3 is 4.90 Å². The van der Waals surface area contributed by atoms with Crippen molar-refractivity contribution >= 4 is 5.91 Å². The summed E-state index contributed by atoms with van der Waals surface area (Å²) in [4.78, 5) is 21.1. The van der Waals surface area contributed by atoms with Crippen molar-refractivity contribution in [3.63, 3.8) is 0 Å². The smallest absolute Gasteiger partial charge is 0.227 e. The third-order valence-electron chi connectivity index (χ3n) is 7.01. The highest BCUT2D eigenvalue weighted by Crippen LogP contribution is 2.46. The van der Waals surface area contributed by atoms with Crippen molar-refractivity contribution in [1.82, 2.24) is 14.8 Å². The van der Waals surface area contributed by atoms with E-state index in [9.17, 15) is 4.79 Å². The number of unbranched alkanes of at least 4 members (excludes halogenated alkanes) is 1. The lowest BCUT2D eigenvalue weighted by atomic mass is 9.91. The third kappa shape index (κ3) is 4.46. The molecule has 5 rings (SSSR count). The summed E-state index contributed by atoms with van der Waals surface area (Å²) in [6, 6.07) is 21.7. The van der Waals surface area contributed by atoms with Crippen molar-refractivity contribution in [2.24, 2.45) is 0 Å². The summed E-state index contributed by atoms with van der Waals surface area (Å²) < 4.78 is 0. The molecule has 2 aromatic carbocycles. The minimum absolute atomic E-state index is 0.231. The number of hydrogen-bond acceptors (Lipinski definition) is 3. The molecule has 3 aromatic rings. The third-order valence-corrected chi connectivity index (χ3v) is 7.01. The number of amides is 1. The number of nitrogens with zero attached hydrogens (tertiary/aromatic N) is 3. The summed E-state index contributed by atoms with van der Waals surface area (Å²) >= 11 is 0. The molecule has 0 N–H and O–H groups in total. The number of hydrogen-bond donors (Lipinski definition) is 0. The van der Waals surface area contributed by atoms with E-state index in [-0.39, 0.29) is 5.91 Å². The zero-order chi connectivity index (χ0) is 21.8. The molecule has 0 atom stereocenters. The number of pyridine rings is 1. The van der Waals surface area contributed by atoms with Crippen LogP contribution >= 0.6 is 0 Å². The molecule has 2 heterocycles. The minimum atomic E-state index is 0.231. The van der Waals surface area contributed by atoms with Crippen LogP contribution in [0.5, 0.6) is 0 Å². The second-order valence-electron chi connectivity index (χ2n) is 8.98. The molecule has 0 unspecified atom stereocenters. The SMILES string of the molecule is O=C(Cc1ccncc1)N1CCN(CCCCC2c3ccccc3-c3ccccc32)CC1. The first-order chi connectivity index (χ1) is 15.8. The van der Waals surface area contributed by atoms with Gasteiger partial charge in [-0.15, -0.1) is 0 Å². The fourth-order valence-corrected chi connectivity index (χ4v) is 5.26. The van der Waals surface area contributed by atoms with Crippen LogP contribution < -0.4 is 0 Å². The van der Waals surface area contributed by atoms with Gasteiger partial charge in [0.25, 0.3) is 0 Å². The monoisotopic (exact) mass is 425 g/mol. The Morgan fingerprint density at radius 1 is 0.812 bits per heavy atom. The van der Waals surface area contributed by atoms with E-state index in [0.717, 1.165) is 38.3 Å². The average molecular weight is 426 g/mol. The van der Waals surface area contributed by atoms with Crippen LogP contribution in [-0.4, -0.2) is 53.4 Å². The molecule has 2 aliphatic rings. The molecule has 1 aliphatic heterocycles. The van der Waals surface area contributed by atoms with Crippen LogP contribution in [0.2, 0.25) is 0 Å². The van der Waals surface area contributed by atoms with Gasteiger partial charge in [-0.25, -0.2) is 0 Å². The van der Waals surface area contributed by atoms with Gasteiger partial charge in [0.2, 0.25) is 5.91 Å². The van der Waals surface area contributed by atoms with Crippen LogP contribution in [0.4, 0.5) is 0 Å². The molecule has 0 spiro atoms. The highest BCUT2D eigenvalue weighted by atomic mass is 16.2. The van der Waals surface area contributed by atoms with E-state index in [4.69, 9.17) is 0 Å². The first-order valence-corrected chi connectivity index (χ1v) is 11.9. The highest BCUT2D eigenvalue weighted by Gasteiger charge is 2.27. The Bertz CT molecular complexity index is 1010. The van der Waals surface area contributed by atoms with Crippen LogP contribution in [0.25, 0.3) is 11.1 Å². The van der Waals surface area contributed by atoms with Gasteiger partial charge in [0.15, 0.2) is 0 Å². The van der Waals surface area contributed by atoms with Crippen LogP contribution in [0.15, 0.2) is 73.1 Å². The quantitative estimate of drug-likeness (QED) is 0.513. The highest BCUT2D eigenvalue weighted by molar-refractivity contribution is 5.79. The molecule has 0 bridgehead atoms. The maximum atomic E-state index is 12.6. The van der Waals surface area contributed by atoms with Crippen molar-refractivity contribution in [3.05, 3.63) is 89.7 Å². The fraction of sp³-hybridized carbons (Fsp3) is 0.357. The van der Waals surface area contributed by atoms with Gasteiger partial charge in [-0.3, -0.25) is 14.7 Å². The lowest BCUT2D eigenvalue weighted by Gasteiger charge is -2.35. The van der Waals surface area contributed by atoms with E-state index in [1.54, 1.807) is 12.4 Å². The Morgan fingerprint density at radius 3 is 2.09 bits per heavy atom. The van der Waals surface area contributed by atoms with E-state index < -0.39 is 0 Å². The van der Waals surface area contributed by atoms with E-state index in [2.05, 4.69) is 58.4 Å². The first-order valence-electron chi connectivity index (χ1n) is 11.9. The topological polar surface area (TPSA) is 36.4 Å². The van der Waals surface area contributed by atoms with Gasteiger partial charge in [0.05, 0.1) is 6.42 Å². The summed E-state index contributed by atoms with van der Waals surface area (Å²) in [6.45, 7) is 4.78. The maximum Gasteiger partial charge on any atom is 0.227 e. The first kappa shape index (κ1) is 20.9. The maximum absolute atomic E-state index is 12.6. The number of fused-ring (bicyclic) bond motifs is 3. The van der Waals surface area contributed by atoms with Crippen LogP contribution in [0.1, 0.15) is 41.9 Å². The number of benzene rings is 2. The second-order valence-corrected chi connectivity index (χ2v) is 8.98. The van der Waals surface area contributed by atoms with Crippen molar-refractivity contribution < 1.29 is 4.79 Å². The van der Waals surface area contributed by atoms with Gasteiger partial charge in [0.1, 0.15) is 0 Å². The van der Waals surface area contributed by atoms with Crippen molar-refractivity contribution in [1.29, 1.82) is 0 Å². The van der Waals surface area contributed by atoms with Crippen molar-refractivity contribution in [2.75, 3.05) is 32.7 Å². The summed E-state index contributed by atoms with van der Waals surface area (Å²) in [5.74, 6) is 0.763. The molecule has 1 amide bonds. The largest absolute Gasteiger partial charge is 0.340 e. The van der Waals surface area contributed by atoms with Gasteiger partial charge >= 0.3 is 0 Å². The molecule has 1 aliphatic carbocycles. The molecule has 1 saturated heterocycles. The van der Waals surface area contributed by atoms with Crippen LogP contribution in [0, 0.1) is 0 Å². The van der Waals surface area contributed by atoms with Gasteiger partial charge in [-0.2, -0.15) is 0 Å². The molecule has 4 heteroatoms. The predicted octanol–water partition coefficient (Wildman–Crippen LogP) is 4.75. The molecular formula is C28H31N3O. The number of carbonyl (C=O) groups excluding carboxylic acids is 1. The predicted molar refractivity (Wildman–Crippen MR) is 129 cm³/mol. The Kier molecular flexibility index (Phi) is 6.31. The lowest BCUT2D eigenvalue weighted by molar-refractivity contribution is -0.132. The molecule has 32 heavy (non-hydrogen) atoms. The molecule has 1 aromatic heterocycles. The lowest BCUT2D eigenvalue weighted by Crippen LogP contribution is -2.49. The molecule has 1 fully saturated rings. The summed E-state index contributed by atoms with van der Waals surface area (Å²) in [6.07, 6.45) is 7.64. The van der Waals surface area contributed by atoms with Crippen LogP contribution in [0.3, 0.4) is 0 Å². The number of aromatic nitrogens is 1. The summed E-state index contributed by atoms with van der Waals surface area (Å²) in [5.41, 5.74) is 6.87. The van der Waals surface area contributed by atoms with E-state index in [0.29, 0.717) is 12.3 Å². The Balaban J connectivity index is 1.07. The second kappa shape index (κ2) is 9.66.